The largest absolute Gasteiger partial charge is 0.508 e. The van der Waals surface area contributed by atoms with Gasteiger partial charge in [0.1, 0.15) is 22.8 Å². The number of nitrogens with two attached hydrogens (primary N) is 2. The lowest BCUT2D eigenvalue weighted by Gasteiger charge is -2.48. The standard InChI is InChI=1S/C23H24N2O7/c24-17-12-7-9-6-11-10(8-2-1-3-8)4-5-13(26)15(11)18(27)14(9)20(29)23(12,32)21(30)16(19(17)28)22(25)31/h4-5,8-9,12,17,26-27,30,32H,1-3,6-7,24H2,(H2,25,31). The van der Waals surface area contributed by atoms with Gasteiger partial charge in [-0.3, -0.25) is 14.4 Å². The molecule has 1 amide bonds. The van der Waals surface area contributed by atoms with Crippen LogP contribution in [0.5, 0.6) is 5.75 Å². The van der Waals surface area contributed by atoms with Crippen LogP contribution in [0.1, 0.15) is 48.3 Å². The van der Waals surface area contributed by atoms with Crippen LogP contribution in [0.15, 0.2) is 29.0 Å². The maximum atomic E-state index is 13.5. The fraction of sp³-hybridized carbons (Fsp3) is 0.435. The van der Waals surface area contributed by atoms with Crippen molar-refractivity contribution in [2.75, 3.05) is 0 Å². The number of aromatic hydroxyl groups is 1. The Balaban J connectivity index is 1.71. The molecule has 0 heterocycles. The second-order valence-electron chi connectivity index (χ2n) is 9.23. The number of ketones is 2. The summed E-state index contributed by atoms with van der Waals surface area (Å²) in [4.78, 5) is 37.8. The van der Waals surface area contributed by atoms with Crippen LogP contribution < -0.4 is 11.5 Å². The number of phenolic OH excluding ortho intramolecular Hbond substituents is 1. The van der Waals surface area contributed by atoms with Crippen molar-refractivity contribution < 1.29 is 34.8 Å². The Kier molecular flexibility index (Phi) is 4.31. The van der Waals surface area contributed by atoms with Gasteiger partial charge in [0.25, 0.3) is 5.91 Å². The number of Topliss-reactive ketones (excluding diaryl/α,β-unsaturated/α-hetero) is 2. The SMILES string of the molecule is NC(=O)C1=C(O)C2(O)C(=O)C3=C(O)c4c(O)ccc(C5CCC5)c4CC3CC2C(N)C1=O. The maximum Gasteiger partial charge on any atom is 0.255 e. The molecule has 1 aromatic carbocycles. The Hall–Kier alpha value is -3.17. The molecule has 4 unspecified atom stereocenters. The first-order valence-electron chi connectivity index (χ1n) is 10.7. The number of primary amides is 1. The van der Waals surface area contributed by atoms with E-state index in [2.05, 4.69) is 0 Å². The summed E-state index contributed by atoms with van der Waals surface area (Å²) < 4.78 is 0. The number of phenols is 1. The second kappa shape index (κ2) is 6.66. The Morgan fingerprint density at radius 3 is 2.38 bits per heavy atom. The van der Waals surface area contributed by atoms with Crippen molar-refractivity contribution in [2.24, 2.45) is 23.3 Å². The third-order valence-electron chi connectivity index (χ3n) is 7.72. The van der Waals surface area contributed by atoms with E-state index in [1.165, 1.54) is 6.07 Å². The first-order chi connectivity index (χ1) is 15.1. The maximum absolute atomic E-state index is 13.5. The molecule has 32 heavy (non-hydrogen) atoms. The highest BCUT2D eigenvalue weighted by Gasteiger charge is 2.63. The number of amides is 1. The topological polar surface area (TPSA) is 184 Å². The molecule has 9 heteroatoms. The highest BCUT2D eigenvalue weighted by atomic mass is 16.3. The molecule has 4 aliphatic carbocycles. The minimum atomic E-state index is -2.67. The molecule has 168 valence electrons. The van der Waals surface area contributed by atoms with Gasteiger partial charge in [0.15, 0.2) is 11.4 Å². The molecule has 0 aliphatic heterocycles. The summed E-state index contributed by atoms with van der Waals surface area (Å²) >= 11 is 0. The summed E-state index contributed by atoms with van der Waals surface area (Å²) in [6.07, 6.45) is 3.41. The quantitative estimate of drug-likeness (QED) is 0.362. The van der Waals surface area contributed by atoms with Crippen LogP contribution in [0.2, 0.25) is 0 Å². The van der Waals surface area contributed by atoms with Crippen LogP contribution in [0, 0.1) is 11.8 Å². The molecule has 5 rings (SSSR count). The zero-order valence-corrected chi connectivity index (χ0v) is 17.2. The van der Waals surface area contributed by atoms with Crippen molar-refractivity contribution in [1.82, 2.24) is 0 Å². The molecule has 9 nitrogen and oxygen atoms in total. The highest BCUT2D eigenvalue weighted by molar-refractivity contribution is 6.24. The number of aliphatic hydroxyl groups is 3. The molecule has 0 spiro atoms. The van der Waals surface area contributed by atoms with Gasteiger partial charge in [-0.05, 0) is 54.7 Å². The Morgan fingerprint density at radius 2 is 1.78 bits per heavy atom. The smallest absolute Gasteiger partial charge is 0.255 e. The zero-order valence-electron chi connectivity index (χ0n) is 17.2. The van der Waals surface area contributed by atoms with Gasteiger partial charge in [-0.1, -0.05) is 12.5 Å². The summed E-state index contributed by atoms with van der Waals surface area (Å²) in [6.45, 7) is 0. The van der Waals surface area contributed by atoms with Gasteiger partial charge in [-0.15, -0.1) is 0 Å². The van der Waals surface area contributed by atoms with Gasteiger partial charge in [0, 0.05) is 11.5 Å². The van der Waals surface area contributed by atoms with E-state index in [4.69, 9.17) is 11.5 Å². The number of rotatable bonds is 2. The third-order valence-corrected chi connectivity index (χ3v) is 7.72. The van der Waals surface area contributed by atoms with E-state index in [0.717, 1.165) is 30.4 Å². The molecule has 2 saturated carbocycles. The van der Waals surface area contributed by atoms with Gasteiger partial charge in [0.05, 0.1) is 11.6 Å². The molecule has 1 aromatic rings. The summed E-state index contributed by atoms with van der Waals surface area (Å²) in [5.74, 6) is -6.55. The fourth-order valence-electron chi connectivity index (χ4n) is 5.84. The van der Waals surface area contributed by atoms with Gasteiger partial charge in [-0.2, -0.15) is 0 Å². The summed E-state index contributed by atoms with van der Waals surface area (Å²) in [7, 11) is 0. The van der Waals surface area contributed by atoms with Crippen LogP contribution in [0.25, 0.3) is 5.76 Å². The second-order valence-corrected chi connectivity index (χ2v) is 9.23. The van der Waals surface area contributed by atoms with Gasteiger partial charge in [0.2, 0.25) is 5.78 Å². The Bertz CT molecular complexity index is 1160. The van der Waals surface area contributed by atoms with Crippen LogP contribution in [-0.4, -0.2) is 49.5 Å². The molecule has 4 atom stereocenters. The monoisotopic (exact) mass is 440 g/mol. The van der Waals surface area contributed by atoms with E-state index >= 15 is 0 Å². The first-order valence-corrected chi connectivity index (χ1v) is 10.7. The van der Waals surface area contributed by atoms with E-state index in [0.29, 0.717) is 12.3 Å². The normalized spacial score (nSPS) is 32.2. The number of carbonyl (C=O) groups excluding carboxylic acids is 3. The van der Waals surface area contributed by atoms with Crippen molar-refractivity contribution in [2.45, 2.75) is 49.7 Å². The summed E-state index contributed by atoms with van der Waals surface area (Å²) in [6, 6.07) is 1.88. The van der Waals surface area contributed by atoms with Crippen molar-refractivity contribution in [3.63, 3.8) is 0 Å². The average molecular weight is 440 g/mol. The number of carbonyl (C=O) groups is 3. The lowest BCUT2D eigenvalue weighted by Crippen LogP contribution is -2.65. The minimum Gasteiger partial charge on any atom is -0.508 e. The summed E-state index contributed by atoms with van der Waals surface area (Å²) in [5, 5.41) is 43.5. The van der Waals surface area contributed by atoms with Crippen LogP contribution >= 0.6 is 0 Å². The molecule has 0 bridgehead atoms. The molecule has 0 radical (unpaired) electrons. The summed E-state index contributed by atoms with van der Waals surface area (Å²) in [5.41, 5.74) is 9.37. The van der Waals surface area contributed by atoms with E-state index in [1.54, 1.807) is 0 Å². The lowest BCUT2D eigenvalue weighted by molar-refractivity contribution is -0.149. The van der Waals surface area contributed by atoms with Crippen molar-refractivity contribution >= 4 is 23.2 Å². The van der Waals surface area contributed by atoms with E-state index in [-0.39, 0.29) is 23.3 Å². The van der Waals surface area contributed by atoms with Gasteiger partial charge >= 0.3 is 0 Å². The number of hydrogen-bond acceptors (Lipinski definition) is 8. The highest BCUT2D eigenvalue weighted by Crippen LogP contribution is 2.53. The Morgan fingerprint density at radius 1 is 1.09 bits per heavy atom. The zero-order chi connectivity index (χ0) is 23.1. The van der Waals surface area contributed by atoms with Crippen LogP contribution in [0.4, 0.5) is 0 Å². The molecular weight excluding hydrogens is 416 g/mol. The number of aliphatic hydroxyl groups excluding tert-OH is 2. The predicted octanol–water partition coefficient (Wildman–Crippen LogP) is 0.629. The van der Waals surface area contributed by atoms with E-state index < -0.39 is 58.0 Å². The van der Waals surface area contributed by atoms with Crippen molar-refractivity contribution in [3.05, 3.63) is 45.7 Å². The van der Waals surface area contributed by atoms with Crippen LogP contribution in [-0.2, 0) is 20.8 Å². The van der Waals surface area contributed by atoms with Crippen molar-refractivity contribution in [1.29, 1.82) is 0 Å². The number of hydrogen-bond donors (Lipinski definition) is 6. The third kappa shape index (κ3) is 2.43. The molecule has 0 saturated heterocycles. The van der Waals surface area contributed by atoms with E-state index in [1.807, 2.05) is 6.07 Å². The molecule has 8 N–H and O–H groups in total. The number of fused-ring (bicyclic) bond motifs is 3. The predicted molar refractivity (Wildman–Crippen MR) is 111 cm³/mol. The van der Waals surface area contributed by atoms with E-state index in [9.17, 15) is 34.8 Å². The lowest BCUT2D eigenvalue weighted by atomic mass is 9.57. The fourth-order valence-corrected chi connectivity index (χ4v) is 5.84. The molecular formula is C23H24N2O7. The molecule has 2 fully saturated rings. The van der Waals surface area contributed by atoms with Crippen molar-refractivity contribution in [3.8, 4) is 5.75 Å². The molecule has 4 aliphatic rings. The Labute approximate surface area is 183 Å². The minimum absolute atomic E-state index is 0.0177. The van der Waals surface area contributed by atoms with Crippen LogP contribution in [0.3, 0.4) is 0 Å². The molecule has 0 aromatic heterocycles. The van der Waals surface area contributed by atoms with Gasteiger partial charge < -0.3 is 31.9 Å². The van der Waals surface area contributed by atoms with Gasteiger partial charge in [-0.25, -0.2) is 0 Å². The first kappa shape index (κ1) is 20.7. The number of benzene rings is 1. The average Bonchev–Trinajstić information content (AvgIpc) is 2.69.